The van der Waals surface area contributed by atoms with E-state index in [1.807, 2.05) is 30.3 Å². The van der Waals surface area contributed by atoms with Gasteiger partial charge in [-0.3, -0.25) is 24.2 Å². The Labute approximate surface area is 261 Å². The maximum Gasteiger partial charge on any atom is 0.336 e. The maximum atomic E-state index is 13.6. The first-order valence-corrected chi connectivity index (χ1v) is 14.7. The van der Waals surface area contributed by atoms with Crippen LogP contribution in [0, 0.1) is 12.8 Å². The first-order chi connectivity index (χ1) is 21.3. The molecule has 1 aromatic heterocycles. The molecule has 0 spiro atoms. The van der Waals surface area contributed by atoms with E-state index in [4.69, 9.17) is 15.9 Å². The molecule has 13 nitrogen and oxygen atoms in total. The van der Waals surface area contributed by atoms with E-state index >= 15 is 0 Å². The predicted octanol–water partition coefficient (Wildman–Crippen LogP) is 1.47. The number of anilines is 1. The lowest BCUT2D eigenvalue weighted by molar-refractivity contribution is -0.133. The van der Waals surface area contributed by atoms with Crippen LogP contribution in [0.2, 0.25) is 0 Å². The third kappa shape index (κ3) is 10.5. The summed E-state index contributed by atoms with van der Waals surface area (Å²) >= 11 is 0. The van der Waals surface area contributed by atoms with Crippen molar-refractivity contribution in [3.05, 3.63) is 76.1 Å². The van der Waals surface area contributed by atoms with E-state index in [-0.39, 0.29) is 31.3 Å². The summed E-state index contributed by atoms with van der Waals surface area (Å²) in [6.45, 7) is 6.84. The molecule has 0 saturated carbocycles. The standard InChI is InChI=1S/C32H41N7O6/c1-18(2)28(39-30(43)25(36-20(4)40)16-21-9-6-5-7-10-21)31(44)38-24(11-8-14-35-32(33)34)29(42)37-22-12-13-23-19(3)15-27(41)45-26(23)17-22/h5-7,9-10,12-13,15,17-18,24-25,28H,8,11,14,16H2,1-4H3,(H,36,40)(H,37,42)(H,38,44)(H,39,43)(H4,33,34,35)/t24-,25-,28-/m0/s1. The molecule has 0 aliphatic rings. The number of aliphatic imine (C=N–C) groups is 1. The minimum atomic E-state index is -1.03. The molecule has 3 rings (SSSR count). The van der Waals surface area contributed by atoms with Gasteiger partial charge in [-0.1, -0.05) is 44.2 Å². The molecule has 3 aromatic rings. The number of hydrogen-bond donors (Lipinski definition) is 6. The van der Waals surface area contributed by atoms with Gasteiger partial charge in [-0.25, -0.2) is 4.79 Å². The molecule has 13 heteroatoms. The molecule has 2 aromatic carbocycles. The fraction of sp³-hybridized carbons (Fsp3) is 0.375. The Morgan fingerprint density at radius 1 is 0.889 bits per heavy atom. The van der Waals surface area contributed by atoms with Crippen LogP contribution in [-0.4, -0.2) is 54.3 Å². The van der Waals surface area contributed by atoms with E-state index in [2.05, 4.69) is 26.3 Å². The number of nitrogens with one attached hydrogen (secondary N) is 4. The number of nitrogens with two attached hydrogens (primary N) is 2. The molecule has 0 aliphatic heterocycles. The van der Waals surface area contributed by atoms with Crippen LogP contribution in [0.5, 0.6) is 0 Å². The third-order valence-corrected chi connectivity index (χ3v) is 7.02. The van der Waals surface area contributed by atoms with Crippen LogP contribution >= 0.6 is 0 Å². The molecule has 240 valence electrons. The lowest BCUT2D eigenvalue weighted by Gasteiger charge is -2.27. The molecule has 3 atom stereocenters. The number of rotatable bonds is 14. The SMILES string of the molecule is CC(=O)N[C@@H](Cc1ccccc1)C(=O)N[C@H](C(=O)N[C@@H](CCCN=C(N)N)C(=O)Nc1ccc2c(C)cc(=O)oc2c1)C(C)C. The highest BCUT2D eigenvalue weighted by atomic mass is 16.4. The summed E-state index contributed by atoms with van der Waals surface area (Å²) in [7, 11) is 0. The summed E-state index contributed by atoms with van der Waals surface area (Å²) in [5.74, 6) is -2.50. The summed E-state index contributed by atoms with van der Waals surface area (Å²) in [6.07, 6.45) is 0.764. The van der Waals surface area contributed by atoms with Gasteiger partial charge in [0.2, 0.25) is 23.6 Å². The van der Waals surface area contributed by atoms with Crippen molar-refractivity contribution in [2.45, 2.75) is 65.1 Å². The lowest BCUT2D eigenvalue weighted by Crippen LogP contribution is -2.58. The van der Waals surface area contributed by atoms with E-state index in [1.165, 1.54) is 19.1 Å². The average Bonchev–Trinajstić information content (AvgIpc) is 2.96. The van der Waals surface area contributed by atoms with Gasteiger partial charge in [0.05, 0.1) is 0 Å². The minimum Gasteiger partial charge on any atom is -0.423 e. The Morgan fingerprint density at radius 2 is 1.60 bits per heavy atom. The second kappa shape index (κ2) is 16.0. The van der Waals surface area contributed by atoms with E-state index in [0.717, 1.165) is 16.5 Å². The third-order valence-electron chi connectivity index (χ3n) is 7.02. The van der Waals surface area contributed by atoms with Crippen molar-refractivity contribution in [1.29, 1.82) is 0 Å². The minimum absolute atomic E-state index is 0.0974. The average molecular weight is 620 g/mol. The zero-order chi connectivity index (χ0) is 33.1. The molecule has 0 radical (unpaired) electrons. The zero-order valence-electron chi connectivity index (χ0n) is 25.9. The molecule has 8 N–H and O–H groups in total. The molecule has 0 unspecified atom stereocenters. The number of carbonyl (C=O) groups excluding carboxylic acids is 4. The van der Waals surface area contributed by atoms with Gasteiger partial charge in [-0.05, 0) is 48.9 Å². The van der Waals surface area contributed by atoms with E-state index < -0.39 is 47.4 Å². The normalized spacial score (nSPS) is 12.9. The summed E-state index contributed by atoms with van der Waals surface area (Å²) in [5.41, 5.74) is 12.6. The molecule has 1 heterocycles. The van der Waals surface area contributed by atoms with Gasteiger partial charge in [0.15, 0.2) is 5.96 Å². The molecule has 0 fully saturated rings. The lowest BCUT2D eigenvalue weighted by atomic mass is 10.00. The first kappa shape index (κ1) is 34.3. The number of guanidine groups is 1. The van der Waals surface area contributed by atoms with Crippen LogP contribution in [0.4, 0.5) is 5.69 Å². The number of amides is 4. The molecule has 45 heavy (non-hydrogen) atoms. The van der Waals surface area contributed by atoms with Crippen LogP contribution in [0.15, 0.2) is 68.8 Å². The number of carbonyl (C=O) groups is 4. The van der Waals surface area contributed by atoms with Gasteiger partial charge < -0.3 is 37.2 Å². The van der Waals surface area contributed by atoms with Gasteiger partial charge in [0, 0.05) is 43.1 Å². The van der Waals surface area contributed by atoms with Crippen LogP contribution in [-0.2, 0) is 25.6 Å². The fourth-order valence-corrected chi connectivity index (χ4v) is 4.76. The van der Waals surface area contributed by atoms with Gasteiger partial charge in [-0.15, -0.1) is 0 Å². The predicted molar refractivity (Wildman–Crippen MR) is 172 cm³/mol. The highest BCUT2D eigenvalue weighted by Crippen LogP contribution is 2.21. The zero-order valence-corrected chi connectivity index (χ0v) is 25.9. The number of nitrogens with zero attached hydrogens (tertiary/aromatic N) is 1. The molecule has 0 saturated heterocycles. The Hall–Kier alpha value is -5.20. The Kier molecular flexibility index (Phi) is 12.2. The second-order valence-corrected chi connectivity index (χ2v) is 11.1. The van der Waals surface area contributed by atoms with Crippen LogP contribution in [0.1, 0.15) is 44.7 Å². The van der Waals surface area contributed by atoms with E-state index in [0.29, 0.717) is 17.7 Å². The van der Waals surface area contributed by atoms with Gasteiger partial charge in [0.1, 0.15) is 23.7 Å². The van der Waals surface area contributed by atoms with Crippen molar-refractivity contribution in [2.75, 3.05) is 11.9 Å². The highest BCUT2D eigenvalue weighted by Gasteiger charge is 2.31. The summed E-state index contributed by atoms with van der Waals surface area (Å²) in [6, 6.07) is 12.5. The topological polar surface area (TPSA) is 211 Å². The highest BCUT2D eigenvalue weighted by molar-refractivity contribution is 6.00. The number of fused-ring (bicyclic) bond motifs is 1. The number of aryl methyl sites for hydroxylation is 1. The smallest absolute Gasteiger partial charge is 0.336 e. The van der Waals surface area contributed by atoms with Crippen molar-refractivity contribution in [1.82, 2.24) is 16.0 Å². The first-order valence-electron chi connectivity index (χ1n) is 14.7. The van der Waals surface area contributed by atoms with Crippen LogP contribution in [0.25, 0.3) is 11.0 Å². The van der Waals surface area contributed by atoms with Crippen LogP contribution in [0.3, 0.4) is 0 Å². The van der Waals surface area contributed by atoms with E-state index in [1.54, 1.807) is 32.9 Å². The Morgan fingerprint density at radius 3 is 2.24 bits per heavy atom. The fourth-order valence-electron chi connectivity index (χ4n) is 4.76. The second-order valence-electron chi connectivity index (χ2n) is 11.1. The summed E-state index contributed by atoms with van der Waals surface area (Å²) in [5, 5.41) is 11.7. The van der Waals surface area contributed by atoms with E-state index in [9.17, 15) is 24.0 Å². The molecule has 0 aliphatic carbocycles. The molecule has 4 amide bonds. The van der Waals surface area contributed by atoms with Gasteiger partial charge in [0.25, 0.3) is 0 Å². The molecular formula is C32H41N7O6. The summed E-state index contributed by atoms with van der Waals surface area (Å²) in [4.78, 5) is 68.1. The molecular weight excluding hydrogens is 578 g/mol. The van der Waals surface area contributed by atoms with Crippen LogP contribution < -0.4 is 38.4 Å². The van der Waals surface area contributed by atoms with Gasteiger partial charge >= 0.3 is 5.63 Å². The number of hydrogen-bond acceptors (Lipinski definition) is 7. The summed E-state index contributed by atoms with van der Waals surface area (Å²) < 4.78 is 5.29. The Bertz CT molecular complexity index is 1600. The number of benzene rings is 2. The maximum absolute atomic E-state index is 13.6. The monoisotopic (exact) mass is 619 g/mol. The van der Waals surface area contributed by atoms with Crippen molar-refractivity contribution >= 4 is 46.2 Å². The largest absolute Gasteiger partial charge is 0.423 e. The quantitative estimate of drug-likeness (QED) is 0.0671. The van der Waals surface area contributed by atoms with Crippen molar-refractivity contribution in [2.24, 2.45) is 22.4 Å². The molecule has 0 bridgehead atoms. The van der Waals surface area contributed by atoms with Crippen molar-refractivity contribution in [3.8, 4) is 0 Å². The van der Waals surface area contributed by atoms with Gasteiger partial charge in [-0.2, -0.15) is 0 Å². The van der Waals surface area contributed by atoms with Crippen molar-refractivity contribution in [3.63, 3.8) is 0 Å². The van der Waals surface area contributed by atoms with Crippen molar-refractivity contribution < 1.29 is 23.6 Å². The Balaban J connectivity index is 1.79.